The standard InChI is InChI=1S/3C17H20N4O6.3Na.H3O4P/c3*1-7-3-9-10(4-8(7)2)21(5-11(23)14(25)12(24)6-22)15-13(18-9)16(26)20-17(27)19-15;;;;1-5(2,3)4/h3*3-4,11-12,14,22-25H,5-6H2,1-2H3,(H,20,26,27);;;;(H3,1,2,3,4)/q;;;3*+1;/p-3/t3*11-,12+,14-;;;;/m111..../s1. The summed E-state index contributed by atoms with van der Waals surface area (Å²) in [6.07, 6.45) is -14.0. The van der Waals surface area contributed by atoms with E-state index in [0.29, 0.717) is 33.1 Å². The van der Waals surface area contributed by atoms with E-state index in [4.69, 9.17) is 34.6 Å². The fourth-order valence-electron chi connectivity index (χ4n) is 8.68. The number of fused-ring (bicyclic) bond motifs is 6. The summed E-state index contributed by atoms with van der Waals surface area (Å²) in [6.45, 7) is 8.19. The number of hydrogen-bond donors (Lipinski definition) is 15. The van der Waals surface area contributed by atoms with E-state index in [1.165, 1.54) is 13.7 Å². The van der Waals surface area contributed by atoms with Crippen LogP contribution in [0.3, 0.4) is 0 Å². The van der Waals surface area contributed by atoms with E-state index in [9.17, 15) is 74.7 Å². The molecular formula is C51H60N12Na3O22P. The molecule has 0 radical (unpaired) electrons. The Bertz CT molecular complexity index is 3840. The first-order valence-electron chi connectivity index (χ1n) is 25.6. The summed E-state index contributed by atoms with van der Waals surface area (Å²) < 4.78 is 12.8. The van der Waals surface area contributed by atoms with E-state index in [1.807, 2.05) is 41.5 Å². The number of aryl methyl sites for hydroxylation is 6. The molecule has 6 aliphatic rings. The van der Waals surface area contributed by atoms with E-state index in [2.05, 4.69) is 44.9 Å². The molecule has 0 fully saturated rings. The number of benzene rings is 3. The van der Waals surface area contributed by atoms with Crippen LogP contribution in [0.15, 0.2) is 65.2 Å². The van der Waals surface area contributed by atoms with Gasteiger partial charge in [-0.05, 0) is 111 Å². The van der Waals surface area contributed by atoms with Gasteiger partial charge in [-0.2, -0.15) is 22.8 Å². The van der Waals surface area contributed by atoms with Crippen molar-refractivity contribution in [1.29, 1.82) is 0 Å². The number of aliphatic hydroxyl groups is 12. The van der Waals surface area contributed by atoms with Crippen molar-refractivity contribution in [3.63, 3.8) is 0 Å². The summed E-state index contributed by atoms with van der Waals surface area (Å²) in [7, 11) is -5.39. The summed E-state index contributed by atoms with van der Waals surface area (Å²) in [5.74, 6) is -0.155. The van der Waals surface area contributed by atoms with Crippen LogP contribution in [0.4, 0.5) is 0 Å². The summed E-state index contributed by atoms with van der Waals surface area (Å²) in [4.78, 5) is 128. The number of aromatic nitrogens is 12. The van der Waals surface area contributed by atoms with Gasteiger partial charge in [0.25, 0.3) is 16.7 Å². The molecule has 0 amide bonds. The van der Waals surface area contributed by atoms with Crippen LogP contribution < -0.4 is 137 Å². The molecule has 38 heteroatoms. The maximum absolute atomic E-state index is 12.2. The first-order valence-corrected chi connectivity index (χ1v) is 27.1. The maximum Gasteiger partial charge on any atom is 1.00 e. The molecule has 9 rings (SSSR count). The summed E-state index contributed by atoms with van der Waals surface area (Å²) in [6, 6.07) is 10.6. The van der Waals surface area contributed by atoms with Crippen LogP contribution in [0, 0.1) is 41.5 Å². The van der Waals surface area contributed by atoms with Gasteiger partial charge in [-0.15, -0.1) is 0 Å². The minimum Gasteiger partial charge on any atom is -0.822 e. The third kappa shape index (κ3) is 19.1. The van der Waals surface area contributed by atoms with Crippen LogP contribution in [-0.2, 0) is 24.2 Å². The van der Waals surface area contributed by atoms with Gasteiger partial charge >= 0.3 is 106 Å². The molecule has 0 saturated carbocycles. The number of aliphatic hydroxyl groups excluding tert-OH is 12. The van der Waals surface area contributed by atoms with Crippen molar-refractivity contribution in [3.8, 4) is 34.6 Å². The second-order valence-corrected chi connectivity index (χ2v) is 20.8. The summed E-state index contributed by atoms with van der Waals surface area (Å²) in [5, 5.41) is 116. The van der Waals surface area contributed by atoms with Crippen LogP contribution in [0.5, 0.6) is 0 Å². The van der Waals surface area contributed by atoms with Crippen LogP contribution >= 0.6 is 7.82 Å². The SMILES string of the molecule is Cc1cc2nc3c(=O)[nH]c(=O)nc-3n(C[C@@H](O)[C@@H](O)[C@@H](O)CO)c2cc1C.Cc1cc2nc3c(=O)[nH]c(=O)nc-3n(C[C@@H](O)[C@@H](O)[C@@H](O)CO)c2cc1C.Cc1cc2nc3c(=O)[nH]c(=O)nc-3n(C[C@@H](O)[C@@H](O)[C@@H](O)CO)c2cc1C.O=P([O-])([O-])[O-].[Na+].[Na+].[Na+]. The number of nitrogens with zero attached hydrogens (tertiary/aromatic N) is 9. The Balaban J connectivity index is 0.000000330. The molecule has 89 heavy (non-hydrogen) atoms. The summed E-state index contributed by atoms with van der Waals surface area (Å²) >= 11 is 0. The smallest absolute Gasteiger partial charge is 0.822 e. The molecule has 6 heterocycles. The van der Waals surface area contributed by atoms with Crippen LogP contribution in [0.2, 0.25) is 0 Å². The first-order chi connectivity index (χ1) is 40.2. The molecule has 9 atom stereocenters. The number of hydrogen-bond acceptors (Lipinski definition) is 28. The quantitative estimate of drug-likeness (QED) is 0.0257. The molecule has 0 bridgehead atoms. The molecule has 0 spiro atoms. The van der Waals surface area contributed by atoms with Gasteiger partial charge in [0.05, 0.1) is 72.6 Å². The fourth-order valence-corrected chi connectivity index (χ4v) is 8.68. The molecular weight excluding hydrogens is 1230 g/mol. The number of phosphoric acid groups is 1. The van der Waals surface area contributed by atoms with E-state index in [0.717, 1.165) is 33.4 Å². The van der Waals surface area contributed by atoms with Crippen molar-refractivity contribution in [1.82, 2.24) is 58.6 Å². The van der Waals surface area contributed by atoms with Crippen LogP contribution in [-0.4, -0.2) is 195 Å². The summed E-state index contributed by atoms with van der Waals surface area (Å²) in [5.41, 5.74) is 3.34. The van der Waals surface area contributed by atoms with Gasteiger partial charge in [-0.25, -0.2) is 29.3 Å². The number of rotatable bonds is 15. The number of nitrogens with one attached hydrogen (secondary N) is 3. The van der Waals surface area contributed by atoms with Gasteiger partial charge < -0.3 is 94.2 Å². The van der Waals surface area contributed by atoms with Gasteiger partial charge in [0.15, 0.2) is 34.6 Å². The van der Waals surface area contributed by atoms with Gasteiger partial charge in [0.1, 0.15) is 54.9 Å². The molecule has 34 nitrogen and oxygen atoms in total. The van der Waals surface area contributed by atoms with Crippen LogP contribution in [0.1, 0.15) is 33.4 Å². The van der Waals surface area contributed by atoms with Crippen molar-refractivity contribution < 1.29 is 169 Å². The largest absolute Gasteiger partial charge is 1.00 e. The Labute approximate surface area is 566 Å². The molecule has 0 aliphatic carbocycles. The van der Waals surface area contributed by atoms with Crippen molar-refractivity contribution in [3.05, 3.63) is 132 Å². The Hall–Kier alpha value is -4.87. The third-order valence-electron chi connectivity index (χ3n) is 13.7. The third-order valence-corrected chi connectivity index (χ3v) is 13.7. The molecule has 464 valence electrons. The van der Waals surface area contributed by atoms with E-state index in [-0.39, 0.29) is 143 Å². The second-order valence-electron chi connectivity index (χ2n) is 19.9. The topological polar surface area (TPSA) is 571 Å². The minimum atomic E-state index is -5.39. The molecule has 15 N–H and O–H groups in total. The first kappa shape index (κ1) is 78.4. The van der Waals surface area contributed by atoms with E-state index < -0.39 is 116 Å². The zero-order valence-corrected chi connectivity index (χ0v) is 56.2. The van der Waals surface area contributed by atoms with Gasteiger partial charge in [0.2, 0.25) is 0 Å². The minimum absolute atomic E-state index is 0. The Kier molecular flexibility index (Phi) is 29.2. The fraction of sp³-hybridized carbons (Fsp3) is 0.412. The van der Waals surface area contributed by atoms with E-state index in [1.54, 1.807) is 36.4 Å². The number of aromatic amines is 3. The second kappa shape index (κ2) is 33.1. The number of H-pyrrole nitrogens is 3. The molecule has 6 aliphatic heterocycles. The van der Waals surface area contributed by atoms with Crippen molar-refractivity contribution in [2.75, 3.05) is 19.8 Å². The van der Waals surface area contributed by atoms with Crippen LogP contribution in [0.25, 0.3) is 67.7 Å². The van der Waals surface area contributed by atoms with Gasteiger partial charge in [-0.1, -0.05) is 0 Å². The predicted molar refractivity (Wildman–Crippen MR) is 294 cm³/mol. The monoisotopic (exact) mass is 1290 g/mol. The molecule has 0 saturated heterocycles. The van der Waals surface area contributed by atoms with E-state index >= 15 is 0 Å². The zero-order valence-electron chi connectivity index (χ0n) is 49.3. The van der Waals surface area contributed by atoms with Crippen molar-refractivity contribution in [2.24, 2.45) is 0 Å². The predicted octanol–water partition coefficient (Wildman–Crippen LogP) is -17.0. The van der Waals surface area contributed by atoms with Crippen molar-refractivity contribution in [2.45, 2.75) is 116 Å². The van der Waals surface area contributed by atoms with Gasteiger partial charge in [0, 0.05) is 0 Å². The average molecular weight is 1290 g/mol. The normalized spacial score (nSPS) is 14.5. The molecule has 3 aromatic carbocycles. The molecule has 3 aromatic rings. The Morgan fingerprint density at radius 3 is 0.798 bits per heavy atom. The Morgan fingerprint density at radius 2 is 0.596 bits per heavy atom. The van der Waals surface area contributed by atoms with Crippen molar-refractivity contribution >= 4 is 40.9 Å². The molecule has 0 aromatic heterocycles. The molecule has 0 unspecified atom stereocenters. The Morgan fingerprint density at radius 1 is 0.393 bits per heavy atom. The average Bonchev–Trinajstić information content (AvgIpc) is 1.15. The zero-order chi connectivity index (χ0) is 64.1. The maximum atomic E-state index is 12.2. The van der Waals surface area contributed by atoms with Gasteiger partial charge in [-0.3, -0.25) is 29.3 Å².